The predicted molar refractivity (Wildman–Crippen MR) is 100 cm³/mol. The molecular formula is C20H24N4O4. The van der Waals surface area contributed by atoms with Crippen molar-refractivity contribution in [2.75, 3.05) is 19.6 Å². The summed E-state index contributed by atoms with van der Waals surface area (Å²) in [5, 5.41) is 5.69. The van der Waals surface area contributed by atoms with E-state index in [0.29, 0.717) is 36.2 Å². The molecule has 2 atom stereocenters. The van der Waals surface area contributed by atoms with Gasteiger partial charge in [0.05, 0.1) is 0 Å². The molecule has 8 heteroatoms. The number of piperazine rings is 1. The Morgan fingerprint density at radius 3 is 2.82 bits per heavy atom. The van der Waals surface area contributed by atoms with Crippen LogP contribution in [-0.4, -0.2) is 65.1 Å². The maximum Gasteiger partial charge on any atom is 0.255 e. The van der Waals surface area contributed by atoms with Crippen LogP contribution in [0.5, 0.6) is 0 Å². The molecule has 0 bridgehead atoms. The fourth-order valence-corrected chi connectivity index (χ4v) is 4.24. The van der Waals surface area contributed by atoms with Crippen LogP contribution in [-0.2, 0) is 16.1 Å². The van der Waals surface area contributed by atoms with E-state index in [-0.39, 0.29) is 36.7 Å². The Morgan fingerprint density at radius 1 is 1.25 bits per heavy atom. The molecule has 0 saturated carbocycles. The van der Waals surface area contributed by atoms with Crippen molar-refractivity contribution in [2.24, 2.45) is 0 Å². The lowest BCUT2D eigenvalue weighted by Crippen LogP contribution is -2.52. The summed E-state index contributed by atoms with van der Waals surface area (Å²) >= 11 is 0. The topological polar surface area (TPSA) is 98.8 Å². The predicted octanol–water partition coefficient (Wildman–Crippen LogP) is 0.272. The summed E-state index contributed by atoms with van der Waals surface area (Å²) in [7, 11) is 0. The van der Waals surface area contributed by atoms with E-state index in [1.165, 1.54) is 4.90 Å². The first-order chi connectivity index (χ1) is 13.5. The van der Waals surface area contributed by atoms with Crippen LogP contribution in [0.1, 0.15) is 52.5 Å². The van der Waals surface area contributed by atoms with Gasteiger partial charge in [0, 0.05) is 49.8 Å². The quantitative estimate of drug-likeness (QED) is 0.729. The van der Waals surface area contributed by atoms with Gasteiger partial charge in [-0.1, -0.05) is 13.0 Å². The first-order valence-corrected chi connectivity index (χ1v) is 9.78. The molecule has 148 valence electrons. The standard InChI is InChI=1S/C20H24N4O4/c1-2-12-10-23(9-8-21-12)19(27)13-4-3-5-14-15(13)11-24(20(14)28)16-6-7-17(25)22-18(16)26/h3-5,12,16,21H,2,6-11H2,1H3,(H,22,25,26). The van der Waals surface area contributed by atoms with Gasteiger partial charge in [-0.15, -0.1) is 0 Å². The number of imide groups is 1. The van der Waals surface area contributed by atoms with Gasteiger partial charge in [0.15, 0.2) is 0 Å². The van der Waals surface area contributed by atoms with E-state index in [0.717, 1.165) is 13.0 Å². The molecule has 0 aromatic heterocycles. The summed E-state index contributed by atoms with van der Waals surface area (Å²) in [6, 6.07) is 4.77. The van der Waals surface area contributed by atoms with Gasteiger partial charge in [-0.2, -0.15) is 0 Å². The molecule has 1 aromatic rings. The molecule has 4 rings (SSSR count). The fraction of sp³-hybridized carbons (Fsp3) is 0.500. The number of amides is 4. The van der Waals surface area contributed by atoms with Crippen LogP contribution in [0.25, 0.3) is 0 Å². The zero-order valence-electron chi connectivity index (χ0n) is 15.9. The van der Waals surface area contributed by atoms with Crippen LogP contribution in [0.4, 0.5) is 0 Å². The molecule has 4 amide bonds. The third-order valence-electron chi connectivity index (χ3n) is 5.85. The Bertz CT molecular complexity index is 853. The van der Waals surface area contributed by atoms with Crippen molar-refractivity contribution < 1.29 is 19.2 Å². The summed E-state index contributed by atoms with van der Waals surface area (Å²) in [4.78, 5) is 53.0. The second-order valence-electron chi connectivity index (χ2n) is 7.54. The van der Waals surface area contributed by atoms with Crippen molar-refractivity contribution in [2.45, 2.75) is 44.8 Å². The van der Waals surface area contributed by atoms with Crippen molar-refractivity contribution in [3.8, 4) is 0 Å². The number of fused-ring (bicyclic) bond motifs is 1. The Balaban J connectivity index is 1.58. The Morgan fingerprint density at radius 2 is 2.07 bits per heavy atom. The average Bonchev–Trinajstić information content (AvgIpc) is 3.04. The molecule has 2 N–H and O–H groups in total. The van der Waals surface area contributed by atoms with E-state index in [1.807, 2.05) is 4.90 Å². The number of benzene rings is 1. The van der Waals surface area contributed by atoms with Gasteiger partial charge >= 0.3 is 0 Å². The van der Waals surface area contributed by atoms with Crippen molar-refractivity contribution in [1.29, 1.82) is 0 Å². The van der Waals surface area contributed by atoms with Crippen LogP contribution in [0.15, 0.2) is 18.2 Å². The highest BCUT2D eigenvalue weighted by atomic mass is 16.2. The molecule has 0 radical (unpaired) electrons. The highest BCUT2D eigenvalue weighted by molar-refractivity contribution is 6.07. The zero-order valence-corrected chi connectivity index (χ0v) is 15.9. The second-order valence-corrected chi connectivity index (χ2v) is 7.54. The molecule has 0 spiro atoms. The molecule has 3 heterocycles. The second kappa shape index (κ2) is 7.35. The van der Waals surface area contributed by atoms with Crippen molar-refractivity contribution in [3.05, 3.63) is 34.9 Å². The molecule has 3 aliphatic heterocycles. The number of nitrogens with one attached hydrogen (secondary N) is 2. The summed E-state index contributed by atoms with van der Waals surface area (Å²) in [6.45, 7) is 4.32. The first-order valence-electron chi connectivity index (χ1n) is 9.78. The normalized spacial score (nSPS) is 25.0. The van der Waals surface area contributed by atoms with Gasteiger partial charge in [-0.3, -0.25) is 24.5 Å². The van der Waals surface area contributed by atoms with Gasteiger partial charge in [-0.25, -0.2) is 0 Å². The molecule has 1 aromatic carbocycles. The van der Waals surface area contributed by atoms with Crippen molar-refractivity contribution >= 4 is 23.6 Å². The van der Waals surface area contributed by atoms with Crippen LogP contribution in [0.2, 0.25) is 0 Å². The summed E-state index contributed by atoms with van der Waals surface area (Å²) < 4.78 is 0. The summed E-state index contributed by atoms with van der Waals surface area (Å²) in [5.74, 6) is -1.09. The number of piperidine rings is 1. The summed E-state index contributed by atoms with van der Waals surface area (Å²) in [6.07, 6.45) is 1.46. The Hall–Kier alpha value is -2.74. The van der Waals surface area contributed by atoms with Gasteiger partial charge in [0.25, 0.3) is 11.8 Å². The number of carbonyl (C=O) groups excluding carboxylic acids is 4. The van der Waals surface area contributed by atoms with E-state index in [2.05, 4.69) is 17.6 Å². The monoisotopic (exact) mass is 384 g/mol. The minimum Gasteiger partial charge on any atom is -0.336 e. The maximum absolute atomic E-state index is 13.2. The first kappa shape index (κ1) is 18.6. The minimum absolute atomic E-state index is 0.0743. The number of hydrogen-bond acceptors (Lipinski definition) is 5. The lowest BCUT2D eigenvalue weighted by Gasteiger charge is -2.33. The van der Waals surface area contributed by atoms with Crippen LogP contribution in [0.3, 0.4) is 0 Å². The highest BCUT2D eigenvalue weighted by Gasteiger charge is 2.40. The number of hydrogen-bond donors (Lipinski definition) is 2. The van der Waals surface area contributed by atoms with Crippen molar-refractivity contribution in [3.63, 3.8) is 0 Å². The van der Waals surface area contributed by atoms with E-state index in [9.17, 15) is 19.2 Å². The van der Waals surface area contributed by atoms with E-state index in [4.69, 9.17) is 0 Å². The third kappa shape index (κ3) is 3.17. The largest absolute Gasteiger partial charge is 0.336 e. The van der Waals surface area contributed by atoms with E-state index >= 15 is 0 Å². The zero-order chi connectivity index (χ0) is 19.8. The fourth-order valence-electron chi connectivity index (χ4n) is 4.24. The molecule has 3 aliphatic rings. The molecule has 28 heavy (non-hydrogen) atoms. The summed E-state index contributed by atoms with van der Waals surface area (Å²) in [5.41, 5.74) is 1.67. The number of carbonyl (C=O) groups is 4. The number of nitrogens with zero attached hydrogens (tertiary/aromatic N) is 2. The Kier molecular flexibility index (Phi) is 4.89. The van der Waals surface area contributed by atoms with Crippen LogP contribution >= 0.6 is 0 Å². The lowest BCUT2D eigenvalue weighted by atomic mass is 10.0. The van der Waals surface area contributed by atoms with Crippen molar-refractivity contribution in [1.82, 2.24) is 20.4 Å². The van der Waals surface area contributed by atoms with Gasteiger partial charge in [-0.05, 0) is 30.5 Å². The number of rotatable bonds is 3. The molecule has 8 nitrogen and oxygen atoms in total. The minimum atomic E-state index is -0.677. The van der Waals surface area contributed by atoms with E-state index < -0.39 is 11.9 Å². The smallest absolute Gasteiger partial charge is 0.255 e. The van der Waals surface area contributed by atoms with E-state index in [1.54, 1.807) is 18.2 Å². The van der Waals surface area contributed by atoms with Crippen LogP contribution < -0.4 is 10.6 Å². The van der Waals surface area contributed by atoms with Gasteiger partial charge in [0.2, 0.25) is 11.8 Å². The molecule has 2 saturated heterocycles. The Labute approximate surface area is 163 Å². The van der Waals surface area contributed by atoms with Gasteiger partial charge < -0.3 is 15.1 Å². The molecule has 2 unspecified atom stereocenters. The SMILES string of the molecule is CCC1CN(C(=O)c2cccc3c2CN(C2CCC(=O)NC2=O)C3=O)CCN1. The maximum atomic E-state index is 13.2. The highest BCUT2D eigenvalue weighted by Crippen LogP contribution is 2.30. The molecule has 0 aliphatic carbocycles. The molecule has 2 fully saturated rings. The average molecular weight is 384 g/mol. The lowest BCUT2D eigenvalue weighted by molar-refractivity contribution is -0.136. The van der Waals surface area contributed by atoms with Gasteiger partial charge in [0.1, 0.15) is 6.04 Å². The third-order valence-corrected chi connectivity index (χ3v) is 5.85. The molecular weight excluding hydrogens is 360 g/mol. The van der Waals surface area contributed by atoms with Crippen LogP contribution in [0, 0.1) is 0 Å².